The van der Waals surface area contributed by atoms with E-state index in [4.69, 9.17) is 9.47 Å². The molecule has 0 unspecified atom stereocenters. The number of ketones is 1. The molecule has 0 saturated heterocycles. The number of rotatable bonds is 5. The fourth-order valence-corrected chi connectivity index (χ4v) is 1.88. The number of benzene rings is 1. The van der Waals surface area contributed by atoms with Crippen LogP contribution in [0.3, 0.4) is 0 Å². The Kier molecular flexibility index (Phi) is 3.67. The first-order chi connectivity index (χ1) is 9.29. The van der Waals surface area contributed by atoms with Crippen LogP contribution in [0.5, 0.6) is 11.5 Å². The van der Waals surface area contributed by atoms with E-state index in [1.165, 1.54) is 26.2 Å². The highest BCUT2D eigenvalue weighted by Gasteiger charge is 2.63. The molecule has 1 aromatic rings. The first kappa shape index (κ1) is 14.7. The van der Waals surface area contributed by atoms with Crippen molar-refractivity contribution in [3.8, 4) is 11.5 Å². The zero-order valence-corrected chi connectivity index (χ0v) is 11.2. The highest BCUT2D eigenvalue weighted by Crippen LogP contribution is 2.57. The zero-order chi connectivity index (χ0) is 15.0. The molecule has 0 amide bonds. The van der Waals surface area contributed by atoms with Crippen LogP contribution in [0, 0.1) is 5.41 Å². The molecule has 1 saturated carbocycles. The second kappa shape index (κ2) is 5.00. The maximum absolute atomic E-state index is 12.8. The standard InChI is InChI=1S/C14H15F3O3/c1-9(18)10-3-4-11(19-2)12(7-10)20-8-13(5-6-13)14(15,16)17/h3-4,7H,5-6,8H2,1-2H3. The molecule has 0 spiro atoms. The molecule has 1 fully saturated rings. The van der Waals surface area contributed by atoms with Gasteiger partial charge in [0.1, 0.15) is 12.0 Å². The van der Waals surface area contributed by atoms with Gasteiger partial charge in [0, 0.05) is 5.56 Å². The minimum absolute atomic E-state index is 0.0746. The van der Waals surface area contributed by atoms with Crippen LogP contribution in [0.4, 0.5) is 13.2 Å². The number of hydrogen-bond acceptors (Lipinski definition) is 3. The number of carbonyl (C=O) groups is 1. The monoisotopic (exact) mass is 288 g/mol. The van der Waals surface area contributed by atoms with Crippen molar-refractivity contribution in [2.45, 2.75) is 25.9 Å². The fraction of sp³-hybridized carbons (Fsp3) is 0.500. The highest BCUT2D eigenvalue weighted by molar-refractivity contribution is 5.94. The Balaban J connectivity index is 2.16. The maximum atomic E-state index is 12.8. The van der Waals surface area contributed by atoms with E-state index in [0.717, 1.165) is 0 Å². The summed E-state index contributed by atoms with van der Waals surface area (Å²) in [6, 6.07) is 4.47. The Bertz CT molecular complexity index is 519. The van der Waals surface area contributed by atoms with Crippen LogP contribution in [0.15, 0.2) is 18.2 Å². The second-order valence-corrected chi connectivity index (χ2v) is 4.99. The number of halogens is 3. The molecule has 20 heavy (non-hydrogen) atoms. The maximum Gasteiger partial charge on any atom is 0.397 e. The average molecular weight is 288 g/mol. The molecule has 3 nitrogen and oxygen atoms in total. The molecule has 0 bridgehead atoms. The molecule has 0 radical (unpaired) electrons. The van der Waals surface area contributed by atoms with Crippen LogP contribution in [-0.2, 0) is 0 Å². The molecular weight excluding hydrogens is 273 g/mol. The van der Waals surface area contributed by atoms with Crippen molar-refractivity contribution in [2.75, 3.05) is 13.7 Å². The molecule has 0 heterocycles. The summed E-state index contributed by atoms with van der Waals surface area (Å²) in [5, 5.41) is 0. The third-order valence-corrected chi connectivity index (χ3v) is 3.53. The van der Waals surface area contributed by atoms with Gasteiger partial charge in [-0.1, -0.05) is 0 Å². The summed E-state index contributed by atoms with van der Waals surface area (Å²) in [6.07, 6.45) is -4.12. The average Bonchev–Trinajstić information content (AvgIpc) is 3.16. The Morgan fingerprint density at radius 1 is 1.30 bits per heavy atom. The number of methoxy groups -OCH3 is 1. The quantitative estimate of drug-likeness (QED) is 0.776. The van der Waals surface area contributed by atoms with Gasteiger partial charge in [-0.05, 0) is 38.0 Å². The minimum atomic E-state index is -4.27. The first-order valence-corrected chi connectivity index (χ1v) is 6.17. The van der Waals surface area contributed by atoms with Crippen molar-refractivity contribution in [3.63, 3.8) is 0 Å². The van der Waals surface area contributed by atoms with Gasteiger partial charge in [0.05, 0.1) is 7.11 Å². The smallest absolute Gasteiger partial charge is 0.397 e. The SMILES string of the molecule is COc1ccc(C(C)=O)cc1OCC1(C(F)(F)F)CC1. The molecular formula is C14H15F3O3. The third kappa shape index (κ3) is 2.73. The molecule has 2 rings (SSSR count). The Morgan fingerprint density at radius 2 is 1.95 bits per heavy atom. The van der Waals surface area contributed by atoms with E-state index in [2.05, 4.69) is 0 Å². The van der Waals surface area contributed by atoms with E-state index >= 15 is 0 Å². The molecule has 0 aliphatic heterocycles. The molecule has 0 atom stereocenters. The van der Waals surface area contributed by atoms with E-state index in [1.54, 1.807) is 6.07 Å². The van der Waals surface area contributed by atoms with E-state index in [1.807, 2.05) is 0 Å². The van der Waals surface area contributed by atoms with Gasteiger partial charge in [-0.25, -0.2) is 0 Å². The number of hydrogen-bond donors (Lipinski definition) is 0. The molecule has 110 valence electrons. The third-order valence-electron chi connectivity index (χ3n) is 3.53. The predicted octanol–water partition coefficient (Wildman–Crippen LogP) is 3.62. The van der Waals surface area contributed by atoms with E-state index in [9.17, 15) is 18.0 Å². The van der Waals surface area contributed by atoms with Gasteiger partial charge in [-0.3, -0.25) is 4.79 Å². The van der Waals surface area contributed by atoms with Gasteiger partial charge in [-0.2, -0.15) is 13.2 Å². The topological polar surface area (TPSA) is 35.5 Å². The zero-order valence-electron chi connectivity index (χ0n) is 11.2. The Morgan fingerprint density at radius 3 is 2.40 bits per heavy atom. The highest BCUT2D eigenvalue weighted by atomic mass is 19.4. The summed E-state index contributed by atoms with van der Waals surface area (Å²) in [6.45, 7) is 0.928. The lowest BCUT2D eigenvalue weighted by atomic mass is 10.1. The molecule has 0 N–H and O–H groups in total. The van der Waals surface area contributed by atoms with Gasteiger partial charge in [-0.15, -0.1) is 0 Å². The minimum Gasteiger partial charge on any atom is -0.493 e. The van der Waals surface area contributed by atoms with Gasteiger partial charge in [0.15, 0.2) is 17.3 Å². The van der Waals surface area contributed by atoms with Crippen molar-refractivity contribution in [1.29, 1.82) is 0 Å². The predicted molar refractivity (Wildman–Crippen MR) is 66.2 cm³/mol. The second-order valence-electron chi connectivity index (χ2n) is 4.99. The van der Waals surface area contributed by atoms with Crippen molar-refractivity contribution < 1.29 is 27.4 Å². The van der Waals surface area contributed by atoms with Crippen molar-refractivity contribution >= 4 is 5.78 Å². The summed E-state index contributed by atoms with van der Waals surface area (Å²) >= 11 is 0. The van der Waals surface area contributed by atoms with Gasteiger partial charge >= 0.3 is 6.18 Å². The van der Waals surface area contributed by atoms with Crippen LogP contribution in [-0.4, -0.2) is 25.7 Å². The lowest BCUT2D eigenvalue weighted by Crippen LogP contribution is -2.30. The van der Waals surface area contributed by atoms with Crippen LogP contribution in [0.1, 0.15) is 30.1 Å². The molecule has 1 aliphatic carbocycles. The Labute approximate surface area is 114 Å². The van der Waals surface area contributed by atoms with E-state index in [0.29, 0.717) is 11.3 Å². The van der Waals surface area contributed by atoms with Crippen LogP contribution < -0.4 is 9.47 Å². The number of alkyl halides is 3. The fourth-order valence-electron chi connectivity index (χ4n) is 1.88. The summed E-state index contributed by atoms with van der Waals surface area (Å²) in [5.74, 6) is 0.290. The summed E-state index contributed by atoms with van der Waals surface area (Å²) in [4.78, 5) is 11.3. The largest absolute Gasteiger partial charge is 0.493 e. The van der Waals surface area contributed by atoms with Crippen molar-refractivity contribution in [2.24, 2.45) is 5.41 Å². The summed E-state index contributed by atoms with van der Waals surface area (Å²) < 4.78 is 48.8. The molecule has 6 heteroatoms. The van der Waals surface area contributed by atoms with E-state index < -0.39 is 18.2 Å². The molecule has 0 aromatic heterocycles. The van der Waals surface area contributed by atoms with E-state index in [-0.39, 0.29) is 24.4 Å². The van der Waals surface area contributed by atoms with Crippen LogP contribution >= 0.6 is 0 Å². The number of Topliss-reactive ketones (excluding diaryl/α,β-unsaturated/α-hetero) is 1. The number of carbonyl (C=O) groups excluding carboxylic acids is 1. The first-order valence-electron chi connectivity index (χ1n) is 6.17. The van der Waals surface area contributed by atoms with Crippen LogP contribution in [0.2, 0.25) is 0 Å². The van der Waals surface area contributed by atoms with Gasteiger partial charge in [0.2, 0.25) is 0 Å². The lowest BCUT2D eigenvalue weighted by molar-refractivity contribution is -0.194. The normalized spacial score (nSPS) is 16.6. The molecule has 1 aliphatic rings. The lowest BCUT2D eigenvalue weighted by Gasteiger charge is -2.20. The van der Waals surface area contributed by atoms with Gasteiger partial charge in [0.25, 0.3) is 0 Å². The molecule has 1 aromatic carbocycles. The Hall–Kier alpha value is -1.72. The number of ether oxygens (including phenoxy) is 2. The summed E-state index contributed by atoms with van der Waals surface area (Å²) in [5.41, 5.74) is -1.37. The van der Waals surface area contributed by atoms with Gasteiger partial charge < -0.3 is 9.47 Å². The van der Waals surface area contributed by atoms with Crippen molar-refractivity contribution in [3.05, 3.63) is 23.8 Å². The summed E-state index contributed by atoms with van der Waals surface area (Å²) in [7, 11) is 1.40. The van der Waals surface area contributed by atoms with Crippen LogP contribution in [0.25, 0.3) is 0 Å². The van der Waals surface area contributed by atoms with Crippen molar-refractivity contribution in [1.82, 2.24) is 0 Å².